The Morgan fingerprint density at radius 2 is 1.74 bits per heavy atom. The quantitative estimate of drug-likeness (QED) is 0.610. The summed E-state index contributed by atoms with van der Waals surface area (Å²) in [7, 11) is 0. The van der Waals surface area contributed by atoms with Crippen molar-refractivity contribution in [2.24, 2.45) is 0 Å². The summed E-state index contributed by atoms with van der Waals surface area (Å²) in [6.07, 6.45) is 3.70. The summed E-state index contributed by atoms with van der Waals surface area (Å²) in [6.45, 7) is 4.05. The third kappa shape index (κ3) is 6.04. The normalized spacial score (nSPS) is 10.0. The van der Waals surface area contributed by atoms with Crippen LogP contribution in [0.2, 0.25) is 0 Å². The van der Waals surface area contributed by atoms with Crippen LogP contribution in [0.1, 0.15) is 43.7 Å². The highest BCUT2D eigenvalue weighted by Gasteiger charge is 2.06. The predicted octanol–water partition coefficient (Wildman–Crippen LogP) is 2.27. The van der Waals surface area contributed by atoms with Gasteiger partial charge in [-0.3, -0.25) is 20.4 Å². The molecule has 4 heteroatoms. The van der Waals surface area contributed by atoms with Crippen molar-refractivity contribution >= 4 is 11.8 Å². The molecule has 0 saturated carbocycles. The van der Waals surface area contributed by atoms with Crippen molar-refractivity contribution in [3.63, 3.8) is 0 Å². The summed E-state index contributed by atoms with van der Waals surface area (Å²) in [6, 6.07) is 7.72. The fraction of sp³-hybridized carbons (Fsp3) is 0.467. The van der Waals surface area contributed by atoms with Crippen molar-refractivity contribution < 1.29 is 9.59 Å². The van der Waals surface area contributed by atoms with Crippen LogP contribution in [0.4, 0.5) is 0 Å². The maximum Gasteiger partial charge on any atom is 0.242 e. The van der Waals surface area contributed by atoms with Crippen LogP contribution in [-0.2, 0) is 16.0 Å². The van der Waals surface area contributed by atoms with Gasteiger partial charge in [-0.15, -0.1) is 0 Å². The lowest BCUT2D eigenvalue weighted by Gasteiger charge is -2.08. The van der Waals surface area contributed by atoms with E-state index >= 15 is 0 Å². The van der Waals surface area contributed by atoms with E-state index < -0.39 is 0 Å². The second-order valence-electron chi connectivity index (χ2n) is 4.66. The average Bonchev–Trinajstić information content (AvgIpc) is 2.39. The van der Waals surface area contributed by atoms with E-state index in [4.69, 9.17) is 0 Å². The Balaban J connectivity index is 2.28. The van der Waals surface area contributed by atoms with Gasteiger partial charge in [0, 0.05) is 6.42 Å². The minimum absolute atomic E-state index is 0.133. The molecule has 1 aromatic rings. The van der Waals surface area contributed by atoms with Crippen LogP contribution in [0.5, 0.6) is 0 Å². The second-order valence-corrected chi connectivity index (χ2v) is 4.66. The molecular formula is C15H22N2O2. The van der Waals surface area contributed by atoms with Gasteiger partial charge in [-0.05, 0) is 24.5 Å². The van der Waals surface area contributed by atoms with Crippen molar-refractivity contribution in [2.75, 3.05) is 0 Å². The van der Waals surface area contributed by atoms with Crippen LogP contribution in [0, 0.1) is 6.92 Å². The lowest BCUT2D eigenvalue weighted by Crippen LogP contribution is -2.42. The molecule has 2 N–H and O–H groups in total. The molecule has 0 aliphatic rings. The molecule has 0 fully saturated rings. The van der Waals surface area contributed by atoms with Gasteiger partial charge in [-0.2, -0.15) is 0 Å². The smallest absolute Gasteiger partial charge is 0.242 e. The van der Waals surface area contributed by atoms with Crippen molar-refractivity contribution in [1.82, 2.24) is 10.9 Å². The first-order chi connectivity index (χ1) is 9.13. The minimum atomic E-state index is -0.196. The first kappa shape index (κ1) is 15.2. The van der Waals surface area contributed by atoms with Gasteiger partial charge in [0.15, 0.2) is 0 Å². The van der Waals surface area contributed by atoms with E-state index in [9.17, 15) is 9.59 Å². The summed E-state index contributed by atoms with van der Waals surface area (Å²) in [5.41, 5.74) is 6.94. The first-order valence-electron chi connectivity index (χ1n) is 6.75. The zero-order valence-corrected chi connectivity index (χ0v) is 11.7. The number of carbonyl (C=O) groups excluding carboxylic acids is 2. The monoisotopic (exact) mass is 262 g/mol. The molecule has 0 spiro atoms. The number of benzene rings is 1. The largest absolute Gasteiger partial charge is 0.273 e. The number of aryl methyl sites for hydroxylation is 1. The highest BCUT2D eigenvalue weighted by atomic mass is 16.2. The van der Waals surface area contributed by atoms with Gasteiger partial charge in [-0.25, -0.2) is 0 Å². The fourth-order valence-corrected chi connectivity index (χ4v) is 1.76. The number of amides is 2. The number of unbranched alkanes of at least 4 members (excludes halogenated alkanes) is 2. The summed E-state index contributed by atoms with van der Waals surface area (Å²) < 4.78 is 0. The van der Waals surface area contributed by atoms with Crippen LogP contribution in [0.3, 0.4) is 0 Å². The van der Waals surface area contributed by atoms with Gasteiger partial charge in [0.25, 0.3) is 0 Å². The molecule has 1 aromatic carbocycles. The molecule has 104 valence electrons. The standard InChI is InChI=1S/C15H22N2O2/c1-3-4-5-10-14(18)16-17-15(19)11-13-9-7-6-8-12(13)2/h6-9H,3-5,10-11H2,1-2H3,(H,16,18)(H,17,19). The van der Waals surface area contributed by atoms with E-state index in [2.05, 4.69) is 17.8 Å². The van der Waals surface area contributed by atoms with E-state index in [-0.39, 0.29) is 18.2 Å². The lowest BCUT2D eigenvalue weighted by molar-refractivity contribution is -0.128. The van der Waals surface area contributed by atoms with Gasteiger partial charge in [-0.1, -0.05) is 44.0 Å². The Bertz CT molecular complexity index is 430. The lowest BCUT2D eigenvalue weighted by atomic mass is 10.1. The Labute approximate surface area is 114 Å². The Morgan fingerprint density at radius 3 is 2.42 bits per heavy atom. The maximum atomic E-state index is 11.7. The molecule has 0 aliphatic carbocycles. The van der Waals surface area contributed by atoms with Crippen LogP contribution < -0.4 is 10.9 Å². The van der Waals surface area contributed by atoms with Crippen LogP contribution >= 0.6 is 0 Å². The number of nitrogens with one attached hydrogen (secondary N) is 2. The first-order valence-corrected chi connectivity index (χ1v) is 6.75. The van der Waals surface area contributed by atoms with Crippen molar-refractivity contribution in [3.8, 4) is 0 Å². The maximum absolute atomic E-state index is 11.7. The summed E-state index contributed by atoms with van der Waals surface area (Å²) >= 11 is 0. The molecule has 4 nitrogen and oxygen atoms in total. The van der Waals surface area contributed by atoms with E-state index in [1.165, 1.54) is 0 Å². The van der Waals surface area contributed by atoms with E-state index in [0.717, 1.165) is 30.4 Å². The molecule has 2 amide bonds. The summed E-state index contributed by atoms with van der Waals surface area (Å²) in [5.74, 6) is -0.329. The number of carbonyl (C=O) groups is 2. The molecule has 0 aliphatic heterocycles. The van der Waals surface area contributed by atoms with Gasteiger partial charge in [0.2, 0.25) is 11.8 Å². The van der Waals surface area contributed by atoms with Gasteiger partial charge < -0.3 is 0 Å². The van der Waals surface area contributed by atoms with Gasteiger partial charge in [0.05, 0.1) is 6.42 Å². The zero-order chi connectivity index (χ0) is 14.1. The molecule has 0 heterocycles. The fourth-order valence-electron chi connectivity index (χ4n) is 1.76. The predicted molar refractivity (Wildman–Crippen MR) is 75.3 cm³/mol. The summed E-state index contributed by atoms with van der Waals surface area (Å²) in [4.78, 5) is 23.1. The van der Waals surface area contributed by atoms with Crippen LogP contribution in [0.25, 0.3) is 0 Å². The van der Waals surface area contributed by atoms with Gasteiger partial charge in [0.1, 0.15) is 0 Å². The number of hydrogen-bond acceptors (Lipinski definition) is 2. The van der Waals surface area contributed by atoms with E-state index in [0.29, 0.717) is 6.42 Å². The average molecular weight is 262 g/mol. The molecule has 1 rings (SSSR count). The topological polar surface area (TPSA) is 58.2 Å². The van der Waals surface area contributed by atoms with Crippen molar-refractivity contribution in [1.29, 1.82) is 0 Å². The Morgan fingerprint density at radius 1 is 1.05 bits per heavy atom. The molecule has 0 unspecified atom stereocenters. The molecule has 0 bridgehead atoms. The van der Waals surface area contributed by atoms with Crippen LogP contribution in [0.15, 0.2) is 24.3 Å². The number of hydrogen-bond donors (Lipinski definition) is 2. The Kier molecular flexibility index (Phi) is 6.64. The SMILES string of the molecule is CCCCCC(=O)NNC(=O)Cc1ccccc1C. The van der Waals surface area contributed by atoms with Crippen LogP contribution in [-0.4, -0.2) is 11.8 Å². The number of rotatable bonds is 6. The third-order valence-electron chi connectivity index (χ3n) is 2.96. The molecule has 0 saturated heterocycles. The molecule has 0 radical (unpaired) electrons. The highest BCUT2D eigenvalue weighted by molar-refractivity contribution is 5.83. The van der Waals surface area contributed by atoms with Gasteiger partial charge >= 0.3 is 0 Å². The molecular weight excluding hydrogens is 240 g/mol. The van der Waals surface area contributed by atoms with Crippen molar-refractivity contribution in [3.05, 3.63) is 35.4 Å². The summed E-state index contributed by atoms with van der Waals surface area (Å²) in [5, 5.41) is 0. The van der Waals surface area contributed by atoms with E-state index in [1.54, 1.807) is 0 Å². The number of hydrazine groups is 1. The highest BCUT2D eigenvalue weighted by Crippen LogP contribution is 2.07. The molecule has 19 heavy (non-hydrogen) atoms. The molecule has 0 atom stereocenters. The zero-order valence-electron chi connectivity index (χ0n) is 11.7. The third-order valence-corrected chi connectivity index (χ3v) is 2.96. The second kappa shape index (κ2) is 8.29. The van der Waals surface area contributed by atoms with E-state index in [1.807, 2.05) is 31.2 Å². The Hall–Kier alpha value is -1.84. The minimum Gasteiger partial charge on any atom is -0.273 e. The molecule has 0 aromatic heterocycles. The van der Waals surface area contributed by atoms with Crippen molar-refractivity contribution in [2.45, 2.75) is 46.0 Å².